The molecule has 94 valence electrons. The summed E-state index contributed by atoms with van der Waals surface area (Å²) in [6, 6.07) is 5.97. The fraction of sp³-hybridized carbons (Fsp3) is 0.538. The number of nitrogens with zero attached hydrogens (tertiary/aromatic N) is 1. The Hall–Kier alpha value is -1.26. The molecule has 1 aliphatic heterocycles. The van der Waals surface area contributed by atoms with Crippen molar-refractivity contribution in [2.75, 3.05) is 27.4 Å². The maximum absolute atomic E-state index is 9.52. The Morgan fingerprint density at radius 2 is 2.35 bits per heavy atom. The predicted octanol–water partition coefficient (Wildman–Crippen LogP) is 1.62. The summed E-state index contributed by atoms with van der Waals surface area (Å²) in [5, 5.41) is 9.52. The molecule has 0 saturated carbocycles. The van der Waals surface area contributed by atoms with Crippen LogP contribution in [-0.4, -0.2) is 43.4 Å². The maximum atomic E-state index is 9.52. The van der Waals surface area contributed by atoms with Crippen molar-refractivity contribution in [3.8, 4) is 11.5 Å². The Kier molecular flexibility index (Phi) is 3.86. The normalized spacial score (nSPS) is 19.8. The summed E-state index contributed by atoms with van der Waals surface area (Å²) in [6.07, 6.45) is 1.09. The summed E-state index contributed by atoms with van der Waals surface area (Å²) in [5.74, 6) is 0.710. The number of hydrogen-bond donors (Lipinski definition) is 1. The van der Waals surface area contributed by atoms with E-state index >= 15 is 0 Å². The molecule has 1 saturated heterocycles. The standard InChI is InChI=1S/C13H19NO3/c1-14(11-5-6-17-9-11)8-10-3-4-12(15)13(7-10)16-2/h3-4,7,11,15H,5-6,8-9H2,1-2H3. The van der Waals surface area contributed by atoms with Crippen LogP contribution in [0.4, 0.5) is 0 Å². The number of ether oxygens (including phenoxy) is 2. The van der Waals surface area contributed by atoms with E-state index < -0.39 is 0 Å². The van der Waals surface area contributed by atoms with E-state index in [1.807, 2.05) is 12.1 Å². The van der Waals surface area contributed by atoms with Gasteiger partial charge in [-0.3, -0.25) is 4.90 Å². The second kappa shape index (κ2) is 5.38. The molecule has 1 unspecified atom stereocenters. The number of methoxy groups -OCH3 is 1. The summed E-state index contributed by atoms with van der Waals surface area (Å²) in [4.78, 5) is 2.28. The molecule has 0 radical (unpaired) electrons. The Balaban J connectivity index is 2.02. The van der Waals surface area contributed by atoms with E-state index in [-0.39, 0.29) is 5.75 Å². The van der Waals surface area contributed by atoms with Gasteiger partial charge in [-0.25, -0.2) is 0 Å². The smallest absolute Gasteiger partial charge is 0.160 e. The largest absolute Gasteiger partial charge is 0.504 e. The first kappa shape index (κ1) is 12.2. The highest BCUT2D eigenvalue weighted by molar-refractivity contribution is 5.41. The lowest BCUT2D eigenvalue weighted by Crippen LogP contribution is -2.31. The molecule has 1 aromatic carbocycles. The van der Waals surface area contributed by atoms with Crippen LogP contribution in [0.1, 0.15) is 12.0 Å². The highest BCUT2D eigenvalue weighted by atomic mass is 16.5. The Bertz CT molecular complexity index is 375. The average molecular weight is 237 g/mol. The fourth-order valence-electron chi connectivity index (χ4n) is 2.11. The number of phenolic OH excluding ortho intramolecular Hbond substituents is 1. The van der Waals surface area contributed by atoms with Crippen LogP contribution in [-0.2, 0) is 11.3 Å². The molecule has 0 bridgehead atoms. The molecule has 2 rings (SSSR count). The molecule has 4 nitrogen and oxygen atoms in total. The first-order valence-corrected chi connectivity index (χ1v) is 5.84. The lowest BCUT2D eigenvalue weighted by molar-refractivity contribution is 0.156. The van der Waals surface area contributed by atoms with Gasteiger partial charge in [0, 0.05) is 19.2 Å². The molecule has 0 amide bonds. The Morgan fingerprint density at radius 3 is 3.00 bits per heavy atom. The van der Waals surface area contributed by atoms with Crippen LogP contribution in [0.2, 0.25) is 0 Å². The van der Waals surface area contributed by atoms with Crippen LogP contribution < -0.4 is 4.74 Å². The average Bonchev–Trinajstić information content (AvgIpc) is 2.85. The summed E-state index contributed by atoms with van der Waals surface area (Å²) in [5.41, 5.74) is 1.13. The van der Waals surface area contributed by atoms with E-state index in [1.165, 1.54) is 0 Å². The van der Waals surface area contributed by atoms with E-state index in [0.29, 0.717) is 11.8 Å². The van der Waals surface area contributed by atoms with Crippen molar-refractivity contribution in [3.63, 3.8) is 0 Å². The highest BCUT2D eigenvalue weighted by Crippen LogP contribution is 2.27. The number of hydrogen-bond acceptors (Lipinski definition) is 4. The van der Waals surface area contributed by atoms with E-state index in [4.69, 9.17) is 9.47 Å². The minimum atomic E-state index is 0.183. The molecule has 1 aliphatic rings. The Labute approximate surface area is 102 Å². The molecule has 0 aromatic heterocycles. The first-order chi connectivity index (χ1) is 8.20. The lowest BCUT2D eigenvalue weighted by atomic mass is 10.1. The lowest BCUT2D eigenvalue weighted by Gasteiger charge is -2.23. The molecular weight excluding hydrogens is 218 g/mol. The molecule has 0 spiro atoms. The Morgan fingerprint density at radius 1 is 1.53 bits per heavy atom. The van der Waals surface area contributed by atoms with Gasteiger partial charge >= 0.3 is 0 Å². The van der Waals surface area contributed by atoms with Gasteiger partial charge in [0.2, 0.25) is 0 Å². The van der Waals surface area contributed by atoms with E-state index in [9.17, 15) is 5.11 Å². The summed E-state index contributed by atoms with van der Waals surface area (Å²) < 4.78 is 10.5. The SMILES string of the molecule is COc1cc(CN(C)C2CCOC2)ccc1O. The third kappa shape index (κ3) is 2.90. The van der Waals surface area contributed by atoms with Gasteiger partial charge in [-0.2, -0.15) is 0 Å². The van der Waals surface area contributed by atoms with Gasteiger partial charge in [-0.15, -0.1) is 0 Å². The molecule has 1 fully saturated rings. The molecule has 0 aliphatic carbocycles. The quantitative estimate of drug-likeness (QED) is 0.864. The predicted molar refractivity (Wildman–Crippen MR) is 65.3 cm³/mol. The highest BCUT2D eigenvalue weighted by Gasteiger charge is 2.20. The zero-order valence-electron chi connectivity index (χ0n) is 10.3. The topological polar surface area (TPSA) is 41.9 Å². The first-order valence-electron chi connectivity index (χ1n) is 5.84. The molecule has 4 heteroatoms. The van der Waals surface area contributed by atoms with Crippen LogP contribution in [0.3, 0.4) is 0 Å². The summed E-state index contributed by atoms with van der Waals surface area (Å²) >= 11 is 0. The number of aromatic hydroxyl groups is 1. The van der Waals surface area contributed by atoms with Crippen LogP contribution in [0, 0.1) is 0 Å². The monoisotopic (exact) mass is 237 g/mol. The number of benzene rings is 1. The third-order valence-electron chi connectivity index (χ3n) is 3.21. The van der Waals surface area contributed by atoms with Crippen molar-refractivity contribution in [2.45, 2.75) is 19.0 Å². The number of phenols is 1. The minimum Gasteiger partial charge on any atom is -0.504 e. The van der Waals surface area contributed by atoms with Gasteiger partial charge in [0.05, 0.1) is 13.7 Å². The van der Waals surface area contributed by atoms with Gasteiger partial charge in [0.15, 0.2) is 11.5 Å². The van der Waals surface area contributed by atoms with Crippen LogP contribution in [0.5, 0.6) is 11.5 Å². The van der Waals surface area contributed by atoms with Gasteiger partial charge in [0.1, 0.15) is 0 Å². The van der Waals surface area contributed by atoms with Gasteiger partial charge in [0.25, 0.3) is 0 Å². The van der Waals surface area contributed by atoms with Gasteiger partial charge < -0.3 is 14.6 Å². The van der Waals surface area contributed by atoms with Gasteiger partial charge in [-0.05, 0) is 31.2 Å². The van der Waals surface area contributed by atoms with Crippen molar-refractivity contribution < 1.29 is 14.6 Å². The molecular formula is C13H19NO3. The van der Waals surface area contributed by atoms with Crippen LogP contribution >= 0.6 is 0 Å². The van der Waals surface area contributed by atoms with E-state index in [2.05, 4.69) is 11.9 Å². The molecule has 17 heavy (non-hydrogen) atoms. The van der Waals surface area contributed by atoms with Gasteiger partial charge in [-0.1, -0.05) is 6.07 Å². The zero-order chi connectivity index (χ0) is 12.3. The fourth-order valence-corrected chi connectivity index (χ4v) is 2.11. The number of rotatable bonds is 4. The summed E-state index contributed by atoms with van der Waals surface area (Å²) in [7, 11) is 3.66. The molecule has 1 heterocycles. The molecule has 1 N–H and O–H groups in total. The van der Waals surface area contributed by atoms with E-state index in [0.717, 1.165) is 31.7 Å². The van der Waals surface area contributed by atoms with Crippen molar-refractivity contribution in [1.82, 2.24) is 4.90 Å². The zero-order valence-corrected chi connectivity index (χ0v) is 10.3. The van der Waals surface area contributed by atoms with Crippen molar-refractivity contribution in [3.05, 3.63) is 23.8 Å². The van der Waals surface area contributed by atoms with Crippen LogP contribution in [0.25, 0.3) is 0 Å². The molecule has 1 aromatic rings. The second-order valence-corrected chi connectivity index (χ2v) is 4.44. The van der Waals surface area contributed by atoms with Crippen molar-refractivity contribution >= 4 is 0 Å². The van der Waals surface area contributed by atoms with Crippen molar-refractivity contribution in [1.29, 1.82) is 0 Å². The minimum absolute atomic E-state index is 0.183. The number of likely N-dealkylation sites (N-methyl/N-ethyl adjacent to an activating group) is 1. The third-order valence-corrected chi connectivity index (χ3v) is 3.21. The van der Waals surface area contributed by atoms with Crippen LogP contribution in [0.15, 0.2) is 18.2 Å². The molecule has 1 atom stereocenters. The second-order valence-electron chi connectivity index (χ2n) is 4.44. The van der Waals surface area contributed by atoms with Crippen molar-refractivity contribution in [2.24, 2.45) is 0 Å². The summed E-state index contributed by atoms with van der Waals surface area (Å²) in [6.45, 7) is 2.50. The van der Waals surface area contributed by atoms with E-state index in [1.54, 1.807) is 13.2 Å². The maximum Gasteiger partial charge on any atom is 0.160 e.